The fraction of sp³-hybridized carbons (Fsp3) is 0.556. The minimum absolute atomic E-state index is 0.00301. The summed E-state index contributed by atoms with van der Waals surface area (Å²) in [6.07, 6.45) is 3.26. The zero-order valence-electron chi connectivity index (χ0n) is 14.4. The van der Waals surface area contributed by atoms with Crippen molar-refractivity contribution in [1.29, 1.82) is 0 Å². The minimum atomic E-state index is -0.506. The highest BCUT2D eigenvalue weighted by Crippen LogP contribution is 2.27. The van der Waals surface area contributed by atoms with Crippen LogP contribution in [0.5, 0.6) is 11.5 Å². The Morgan fingerprint density at radius 2 is 2.16 bits per heavy atom. The Labute approximate surface area is 146 Å². The molecule has 0 aromatic heterocycles. The van der Waals surface area contributed by atoms with E-state index in [9.17, 15) is 14.7 Å². The molecule has 2 heterocycles. The van der Waals surface area contributed by atoms with Crippen molar-refractivity contribution in [3.63, 3.8) is 0 Å². The van der Waals surface area contributed by atoms with E-state index >= 15 is 0 Å². The van der Waals surface area contributed by atoms with E-state index in [1.807, 2.05) is 0 Å². The molecule has 2 fully saturated rings. The molecular weight excluding hydrogens is 324 g/mol. The van der Waals surface area contributed by atoms with E-state index in [-0.39, 0.29) is 30.3 Å². The number of likely N-dealkylation sites (tertiary alicyclic amines) is 1. The average molecular weight is 348 g/mol. The molecular formula is C18H24N2O5. The molecule has 2 aliphatic rings. The van der Waals surface area contributed by atoms with Crippen LogP contribution in [0.2, 0.25) is 0 Å². The Bertz CT molecular complexity index is 642. The molecule has 136 valence electrons. The molecule has 0 spiro atoms. The highest BCUT2D eigenvalue weighted by atomic mass is 16.5. The minimum Gasteiger partial charge on any atom is -0.504 e. The maximum atomic E-state index is 12.6. The Kier molecular flexibility index (Phi) is 5.43. The van der Waals surface area contributed by atoms with Gasteiger partial charge in [0.2, 0.25) is 5.91 Å². The van der Waals surface area contributed by atoms with E-state index in [2.05, 4.69) is 5.32 Å². The van der Waals surface area contributed by atoms with E-state index in [1.54, 1.807) is 17.0 Å². The molecule has 3 rings (SSSR count). The number of hydrogen-bond donors (Lipinski definition) is 2. The number of aromatic hydroxyl groups is 1. The lowest BCUT2D eigenvalue weighted by Crippen LogP contribution is -2.48. The largest absolute Gasteiger partial charge is 0.504 e. The molecule has 2 aliphatic heterocycles. The Morgan fingerprint density at radius 3 is 2.88 bits per heavy atom. The van der Waals surface area contributed by atoms with Crippen LogP contribution in [0, 0.1) is 0 Å². The van der Waals surface area contributed by atoms with Crippen LogP contribution in [-0.2, 0) is 20.9 Å². The van der Waals surface area contributed by atoms with Gasteiger partial charge >= 0.3 is 5.97 Å². The summed E-state index contributed by atoms with van der Waals surface area (Å²) in [4.78, 5) is 26.7. The predicted molar refractivity (Wildman–Crippen MR) is 90.2 cm³/mol. The SMILES string of the molecule is COc1cc(COC(=O)[C@@H]2CCCN2C(=O)[C@@H]2CCCN2)ccc1O. The number of carbonyl (C=O) groups is 2. The van der Waals surface area contributed by atoms with E-state index in [0.29, 0.717) is 18.7 Å². The number of phenols is 1. The van der Waals surface area contributed by atoms with Crippen LogP contribution in [0.4, 0.5) is 0 Å². The first kappa shape index (κ1) is 17.5. The van der Waals surface area contributed by atoms with Gasteiger partial charge in [0, 0.05) is 6.54 Å². The molecule has 7 nitrogen and oxygen atoms in total. The average Bonchev–Trinajstić information content (AvgIpc) is 3.31. The lowest BCUT2D eigenvalue weighted by atomic mass is 10.1. The number of hydrogen-bond acceptors (Lipinski definition) is 6. The van der Waals surface area contributed by atoms with Gasteiger partial charge in [-0.25, -0.2) is 4.79 Å². The number of rotatable bonds is 5. The first-order valence-corrected chi connectivity index (χ1v) is 8.66. The summed E-state index contributed by atoms with van der Waals surface area (Å²) in [5.74, 6) is -0.00752. The van der Waals surface area contributed by atoms with Gasteiger partial charge in [0.05, 0.1) is 13.2 Å². The first-order valence-electron chi connectivity index (χ1n) is 8.66. The van der Waals surface area contributed by atoms with Gasteiger partial charge < -0.3 is 24.8 Å². The van der Waals surface area contributed by atoms with Crippen LogP contribution in [0.3, 0.4) is 0 Å². The molecule has 1 aromatic carbocycles. The smallest absolute Gasteiger partial charge is 0.329 e. The summed E-state index contributed by atoms with van der Waals surface area (Å²) in [7, 11) is 1.46. The second-order valence-electron chi connectivity index (χ2n) is 6.45. The van der Waals surface area contributed by atoms with Crippen LogP contribution >= 0.6 is 0 Å². The van der Waals surface area contributed by atoms with Gasteiger partial charge in [0.15, 0.2) is 11.5 Å². The number of nitrogens with zero attached hydrogens (tertiary/aromatic N) is 1. The second-order valence-corrected chi connectivity index (χ2v) is 6.45. The van der Waals surface area contributed by atoms with E-state index in [4.69, 9.17) is 9.47 Å². The van der Waals surface area contributed by atoms with Crippen molar-refractivity contribution in [3.05, 3.63) is 23.8 Å². The summed E-state index contributed by atoms with van der Waals surface area (Å²) >= 11 is 0. The maximum absolute atomic E-state index is 12.6. The molecule has 7 heteroatoms. The Morgan fingerprint density at radius 1 is 1.32 bits per heavy atom. The zero-order chi connectivity index (χ0) is 17.8. The molecule has 1 aromatic rings. The predicted octanol–water partition coefficient (Wildman–Crippen LogP) is 1.19. The number of ether oxygens (including phenoxy) is 2. The number of benzene rings is 1. The van der Waals surface area contributed by atoms with Crippen molar-refractivity contribution in [2.24, 2.45) is 0 Å². The molecule has 1 amide bonds. The van der Waals surface area contributed by atoms with Gasteiger partial charge in [-0.05, 0) is 49.9 Å². The van der Waals surface area contributed by atoms with Crippen molar-refractivity contribution < 1.29 is 24.2 Å². The third kappa shape index (κ3) is 3.87. The quantitative estimate of drug-likeness (QED) is 0.777. The van der Waals surface area contributed by atoms with Crippen LogP contribution in [0.1, 0.15) is 31.2 Å². The third-order valence-corrected chi connectivity index (χ3v) is 4.79. The third-order valence-electron chi connectivity index (χ3n) is 4.79. The van der Waals surface area contributed by atoms with Crippen molar-refractivity contribution >= 4 is 11.9 Å². The molecule has 0 radical (unpaired) electrons. The number of amides is 1. The van der Waals surface area contributed by atoms with Crippen molar-refractivity contribution in [3.8, 4) is 11.5 Å². The van der Waals surface area contributed by atoms with E-state index in [0.717, 1.165) is 31.4 Å². The molecule has 0 unspecified atom stereocenters. The molecule has 2 N–H and O–H groups in total. The van der Waals surface area contributed by atoms with Crippen molar-refractivity contribution in [2.45, 2.75) is 44.4 Å². The number of carbonyl (C=O) groups excluding carboxylic acids is 2. The van der Waals surface area contributed by atoms with Crippen LogP contribution in [0.25, 0.3) is 0 Å². The maximum Gasteiger partial charge on any atom is 0.329 e. The van der Waals surface area contributed by atoms with E-state index < -0.39 is 6.04 Å². The highest BCUT2D eigenvalue weighted by Gasteiger charge is 2.38. The Hall–Kier alpha value is -2.28. The molecule has 2 atom stereocenters. The summed E-state index contributed by atoms with van der Waals surface area (Å²) in [6.45, 7) is 1.53. The fourth-order valence-electron chi connectivity index (χ4n) is 3.43. The number of esters is 1. The van der Waals surface area contributed by atoms with Gasteiger partial charge in [-0.15, -0.1) is 0 Å². The monoisotopic (exact) mass is 348 g/mol. The second kappa shape index (κ2) is 7.74. The molecule has 0 bridgehead atoms. The number of phenolic OH excluding ortho intramolecular Hbond substituents is 1. The number of nitrogens with one attached hydrogen (secondary N) is 1. The normalized spacial score (nSPS) is 22.8. The molecule has 25 heavy (non-hydrogen) atoms. The van der Waals surface area contributed by atoms with Crippen LogP contribution < -0.4 is 10.1 Å². The summed E-state index contributed by atoms with van der Waals surface area (Å²) in [5, 5.41) is 12.8. The van der Waals surface area contributed by atoms with Gasteiger partial charge in [-0.2, -0.15) is 0 Å². The Balaban J connectivity index is 1.59. The summed E-state index contributed by atoms with van der Waals surface area (Å²) in [6, 6.07) is 4.12. The number of methoxy groups -OCH3 is 1. The molecule has 0 saturated carbocycles. The highest BCUT2D eigenvalue weighted by molar-refractivity contribution is 5.88. The van der Waals surface area contributed by atoms with Gasteiger partial charge in [-0.3, -0.25) is 4.79 Å². The van der Waals surface area contributed by atoms with Crippen molar-refractivity contribution in [1.82, 2.24) is 10.2 Å². The van der Waals surface area contributed by atoms with Gasteiger partial charge in [-0.1, -0.05) is 6.07 Å². The zero-order valence-corrected chi connectivity index (χ0v) is 14.4. The first-order chi connectivity index (χ1) is 12.1. The van der Waals surface area contributed by atoms with Crippen molar-refractivity contribution in [2.75, 3.05) is 20.2 Å². The van der Waals surface area contributed by atoms with E-state index in [1.165, 1.54) is 13.2 Å². The fourth-order valence-corrected chi connectivity index (χ4v) is 3.43. The van der Waals surface area contributed by atoms with Gasteiger partial charge in [0.1, 0.15) is 12.6 Å². The lowest BCUT2D eigenvalue weighted by Gasteiger charge is -2.26. The lowest BCUT2D eigenvalue weighted by molar-refractivity contribution is -0.155. The topological polar surface area (TPSA) is 88.1 Å². The van der Waals surface area contributed by atoms with Gasteiger partial charge in [0.25, 0.3) is 0 Å². The van der Waals surface area contributed by atoms with Crippen LogP contribution in [0.15, 0.2) is 18.2 Å². The summed E-state index contributed by atoms with van der Waals surface area (Å²) in [5.41, 5.74) is 0.719. The molecule has 0 aliphatic carbocycles. The van der Waals surface area contributed by atoms with Crippen LogP contribution in [-0.4, -0.2) is 54.2 Å². The molecule has 2 saturated heterocycles. The summed E-state index contributed by atoms with van der Waals surface area (Å²) < 4.78 is 10.5. The standard InChI is InChI=1S/C18H24N2O5/c1-24-16-10-12(6-7-15(16)21)11-25-18(23)14-5-3-9-20(14)17(22)13-4-2-8-19-13/h6-7,10,13-14,19,21H,2-5,8-9,11H2,1H3/t13-,14-/m0/s1.